The van der Waals surface area contributed by atoms with Crippen LogP contribution >= 0.6 is 0 Å². The Bertz CT molecular complexity index is 1610. The van der Waals surface area contributed by atoms with E-state index in [9.17, 15) is 34.5 Å². The number of methoxy groups -OCH3 is 2. The van der Waals surface area contributed by atoms with Gasteiger partial charge in [0.05, 0.1) is 30.5 Å². The zero-order valence-corrected chi connectivity index (χ0v) is 43.6. The molecule has 0 spiro atoms. The van der Waals surface area contributed by atoms with Gasteiger partial charge < -0.3 is 43.9 Å². The van der Waals surface area contributed by atoms with E-state index in [1.54, 1.807) is 77.7 Å². The molecule has 1 rings (SSSR count). The maximum atomic E-state index is 13.4. The summed E-state index contributed by atoms with van der Waals surface area (Å²) in [6.45, 7) is 18.6. The van der Waals surface area contributed by atoms with Gasteiger partial charge in [0, 0.05) is 70.6 Å². The Kier molecular flexibility index (Phi) is 29.5. The number of ether oxygens (including phenoxy) is 5. The van der Waals surface area contributed by atoms with Crippen molar-refractivity contribution in [3.63, 3.8) is 0 Å². The van der Waals surface area contributed by atoms with Crippen molar-refractivity contribution < 1.29 is 58.2 Å². The van der Waals surface area contributed by atoms with Gasteiger partial charge in [0.2, 0.25) is 6.41 Å². The van der Waals surface area contributed by atoms with Crippen LogP contribution in [0.25, 0.3) is 0 Å². The van der Waals surface area contributed by atoms with E-state index >= 15 is 0 Å². The molecule has 0 aliphatic carbocycles. The number of hydrogen-bond donors (Lipinski definition) is 3. The Morgan fingerprint density at radius 3 is 2.19 bits per heavy atom. The minimum atomic E-state index is -0.940. The first-order chi connectivity index (χ1) is 31.5. The molecule has 1 aliphatic heterocycles. The third-order valence-electron chi connectivity index (χ3n) is 13.7. The Balaban J connectivity index is 3.50. The van der Waals surface area contributed by atoms with Crippen LogP contribution in [0.1, 0.15) is 121 Å². The fourth-order valence-electron chi connectivity index (χ4n) is 8.43. The molecule has 67 heavy (non-hydrogen) atoms. The van der Waals surface area contributed by atoms with Gasteiger partial charge in [-0.25, -0.2) is 4.79 Å². The first-order valence-corrected chi connectivity index (χ1v) is 24.4. The molecule has 384 valence electrons. The van der Waals surface area contributed by atoms with Crippen LogP contribution in [0.3, 0.4) is 0 Å². The second kappa shape index (κ2) is 32.2. The first kappa shape index (κ1) is 61.4. The summed E-state index contributed by atoms with van der Waals surface area (Å²) >= 11 is 0. The van der Waals surface area contributed by atoms with E-state index in [2.05, 4.69) is 19.9 Å². The predicted molar refractivity (Wildman–Crippen MR) is 263 cm³/mol. The summed E-state index contributed by atoms with van der Waals surface area (Å²) in [6.07, 6.45) is 15.9. The van der Waals surface area contributed by atoms with Crippen LogP contribution in [0.5, 0.6) is 0 Å². The number of carbonyl (C=O) groups excluding carboxylic acids is 4. The molecule has 0 aromatic rings. The SMILES string of the molecule is CO[C@H]1/C=C/C[C@H]([C@H](C)[C@H](O)[C@H](C)CC[C@H](OC(=O)[C@H](C)N(C)C)[C@H](C)[C@H](OC(C)=O)[C@@H](C)/C=C/N(C)C=O)OC(=O)/C=C/C=C/C[C@@H](O)[C@@H](C)[C@@H](O)[C@H](C)CC[C@@H](OC)/C(C)=C/C[C@@H](C)C1. The van der Waals surface area contributed by atoms with Gasteiger partial charge in [0.15, 0.2) is 0 Å². The summed E-state index contributed by atoms with van der Waals surface area (Å²) < 4.78 is 29.8. The van der Waals surface area contributed by atoms with Crippen LogP contribution in [0, 0.1) is 41.4 Å². The van der Waals surface area contributed by atoms with E-state index in [4.69, 9.17) is 23.7 Å². The zero-order valence-electron chi connectivity index (χ0n) is 43.6. The van der Waals surface area contributed by atoms with Crippen molar-refractivity contribution in [2.75, 3.05) is 35.4 Å². The summed E-state index contributed by atoms with van der Waals surface area (Å²) in [7, 11) is 8.54. The molecule has 14 heteroatoms. The summed E-state index contributed by atoms with van der Waals surface area (Å²) in [5, 5.41) is 34.0. The molecule has 0 aromatic carbocycles. The number of aliphatic hydroxyl groups excluding tert-OH is 3. The minimum absolute atomic E-state index is 0.0566. The predicted octanol–water partition coefficient (Wildman–Crippen LogP) is 7.61. The van der Waals surface area contributed by atoms with Crippen LogP contribution < -0.4 is 0 Å². The van der Waals surface area contributed by atoms with E-state index in [0.29, 0.717) is 25.7 Å². The Morgan fingerprint density at radius 1 is 0.925 bits per heavy atom. The van der Waals surface area contributed by atoms with Crippen molar-refractivity contribution >= 4 is 24.3 Å². The third-order valence-corrected chi connectivity index (χ3v) is 13.7. The van der Waals surface area contributed by atoms with Crippen molar-refractivity contribution in [2.24, 2.45) is 41.4 Å². The van der Waals surface area contributed by atoms with Crippen LogP contribution in [0.4, 0.5) is 0 Å². The summed E-state index contributed by atoms with van der Waals surface area (Å²) in [6, 6.07) is -0.551. The van der Waals surface area contributed by atoms with E-state index in [-0.39, 0.29) is 48.2 Å². The van der Waals surface area contributed by atoms with Crippen molar-refractivity contribution in [3.05, 3.63) is 60.4 Å². The quantitative estimate of drug-likeness (QED) is 0.0529. The van der Waals surface area contributed by atoms with Crippen LogP contribution in [-0.2, 0) is 42.9 Å². The number of likely N-dealkylation sites (N-methyl/N-ethyl adjacent to an activating group) is 1. The van der Waals surface area contributed by atoms with Crippen LogP contribution in [-0.4, -0.2) is 140 Å². The van der Waals surface area contributed by atoms with Gasteiger partial charge in [-0.3, -0.25) is 19.3 Å². The van der Waals surface area contributed by atoms with Crippen LogP contribution in [0.15, 0.2) is 60.4 Å². The number of carbonyl (C=O) groups is 4. The topological polar surface area (TPSA) is 182 Å². The highest BCUT2D eigenvalue weighted by Crippen LogP contribution is 2.31. The lowest BCUT2D eigenvalue weighted by Gasteiger charge is -2.35. The number of nitrogens with zero attached hydrogens (tertiary/aromatic N) is 2. The van der Waals surface area contributed by atoms with Gasteiger partial charge in [-0.1, -0.05) is 91.0 Å². The minimum Gasteiger partial charge on any atom is -0.462 e. The molecule has 0 fully saturated rings. The summed E-state index contributed by atoms with van der Waals surface area (Å²) in [5.41, 5.74) is 1.13. The zero-order chi connectivity index (χ0) is 51.0. The van der Waals surface area contributed by atoms with Crippen molar-refractivity contribution in [3.8, 4) is 0 Å². The van der Waals surface area contributed by atoms with Gasteiger partial charge in [-0.2, -0.15) is 0 Å². The maximum Gasteiger partial charge on any atom is 0.331 e. The summed E-state index contributed by atoms with van der Waals surface area (Å²) in [4.78, 5) is 53.5. The molecule has 0 unspecified atom stereocenters. The second-order valence-corrected chi connectivity index (χ2v) is 19.6. The number of esters is 3. The molecular weight excluding hydrogens is 857 g/mol. The smallest absolute Gasteiger partial charge is 0.331 e. The molecule has 3 N–H and O–H groups in total. The van der Waals surface area contributed by atoms with E-state index in [1.807, 2.05) is 53.7 Å². The average molecular weight is 947 g/mol. The molecule has 0 saturated heterocycles. The fourth-order valence-corrected chi connectivity index (χ4v) is 8.43. The highest BCUT2D eigenvalue weighted by molar-refractivity contribution is 5.82. The van der Waals surface area contributed by atoms with Gasteiger partial charge in [0.1, 0.15) is 24.4 Å². The molecule has 1 amide bonds. The Morgan fingerprint density at radius 2 is 1.60 bits per heavy atom. The van der Waals surface area contributed by atoms with Gasteiger partial charge >= 0.3 is 17.9 Å². The Hall–Kier alpha value is -3.66. The molecule has 1 aliphatic rings. The monoisotopic (exact) mass is 947 g/mol. The molecule has 0 bridgehead atoms. The maximum absolute atomic E-state index is 13.4. The number of aliphatic hydroxyl groups is 3. The number of cyclic esters (lactones) is 1. The van der Waals surface area contributed by atoms with Gasteiger partial charge in [-0.05, 0) is 96.2 Å². The van der Waals surface area contributed by atoms with Crippen molar-refractivity contribution in [1.29, 1.82) is 0 Å². The van der Waals surface area contributed by atoms with E-state index < -0.39 is 72.4 Å². The average Bonchev–Trinajstić information content (AvgIpc) is 3.29. The fraction of sp³-hybridized carbons (Fsp3) is 0.736. The number of hydrogen-bond acceptors (Lipinski definition) is 13. The second-order valence-electron chi connectivity index (χ2n) is 19.6. The molecule has 0 radical (unpaired) electrons. The third kappa shape index (κ3) is 22.5. The molecule has 14 nitrogen and oxygen atoms in total. The van der Waals surface area contributed by atoms with Crippen LogP contribution in [0.2, 0.25) is 0 Å². The highest BCUT2D eigenvalue weighted by Gasteiger charge is 2.37. The molecule has 0 aromatic heterocycles. The number of rotatable bonds is 18. The lowest BCUT2D eigenvalue weighted by atomic mass is 9.82. The molecule has 16 atom stereocenters. The van der Waals surface area contributed by atoms with E-state index in [0.717, 1.165) is 31.3 Å². The van der Waals surface area contributed by atoms with Crippen molar-refractivity contribution in [1.82, 2.24) is 9.80 Å². The number of amides is 1. The molecular formula is C53H90N2O12. The highest BCUT2D eigenvalue weighted by atomic mass is 16.6. The lowest BCUT2D eigenvalue weighted by Crippen LogP contribution is -2.43. The molecule has 0 saturated carbocycles. The molecule has 1 heterocycles. The normalized spacial score (nSPS) is 30.4. The number of allylic oxidation sites excluding steroid dienone is 3. The van der Waals surface area contributed by atoms with E-state index in [1.165, 1.54) is 17.9 Å². The van der Waals surface area contributed by atoms with Gasteiger partial charge in [0.25, 0.3) is 0 Å². The standard InChI is InChI=1S/C53H90N2O12/c1-34-24-25-35(2)46(64-15)28-26-36(3)50(60)39(6)45(58)21-17-16-18-23-49(59)66-47(22-19-20-44(32-34)63-14)40(7)51(61)37(4)27-29-48(67-53(62)42(9)54(11)12)41(8)52(65-43(10)57)38(5)30-31-55(13)33-56/h16-20,23,25,30-31,33-34,36-42,44-48,50-52,58,60-61H,21-22,24,26-29,32H2,1-15H3/b17-16+,20-19+,23-18+,31-30+,35-25+/t34-,36-,37-,38+,39-,40+,41+,42+,44+,45-,46-,47-,48+,50+,51-,52-/m1/s1. The first-order valence-electron chi connectivity index (χ1n) is 24.4. The van der Waals surface area contributed by atoms with Crippen molar-refractivity contribution in [2.45, 2.75) is 175 Å². The Labute approximate surface area is 403 Å². The summed E-state index contributed by atoms with van der Waals surface area (Å²) in [5.74, 6) is -3.39. The largest absolute Gasteiger partial charge is 0.462 e. The lowest BCUT2D eigenvalue weighted by molar-refractivity contribution is -0.165. The van der Waals surface area contributed by atoms with Gasteiger partial charge in [-0.15, -0.1) is 0 Å².